The van der Waals surface area contributed by atoms with E-state index in [0.29, 0.717) is 5.82 Å². The van der Waals surface area contributed by atoms with Crippen LogP contribution in [0, 0.1) is 5.92 Å². The Morgan fingerprint density at radius 1 is 1.32 bits per heavy atom. The second-order valence-electron chi connectivity index (χ2n) is 5.97. The zero-order chi connectivity index (χ0) is 16.4. The summed E-state index contributed by atoms with van der Waals surface area (Å²) in [5, 5.41) is 6.98. The molecule has 0 aromatic carbocycles. The highest BCUT2D eigenvalue weighted by Gasteiger charge is 2.29. The van der Waals surface area contributed by atoms with Crippen molar-refractivity contribution >= 4 is 15.7 Å². The fourth-order valence-electron chi connectivity index (χ4n) is 2.82. The lowest BCUT2D eigenvalue weighted by molar-refractivity contribution is -0.142. The fraction of sp³-hybridized carbons (Fsp3) is 0.769. The number of alkyl halides is 3. The normalized spacial score (nSPS) is 23.5. The molecule has 0 bridgehead atoms. The lowest BCUT2D eigenvalue weighted by Gasteiger charge is -2.28. The summed E-state index contributed by atoms with van der Waals surface area (Å²) in [4.78, 5) is 0. The minimum atomic E-state index is -4.28. The molecule has 0 aliphatic heterocycles. The maximum atomic E-state index is 12.3. The van der Waals surface area contributed by atoms with Crippen LogP contribution in [0.1, 0.15) is 25.7 Å². The van der Waals surface area contributed by atoms with Gasteiger partial charge < -0.3 is 5.32 Å². The Morgan fingerprint density at radius 3 is 2.50 bits per heavy atom. The molecule has 1 aromatic rings. The molecule has 1 saturated carbocycles. The van der Waals surface area contributed by atoms with Crippen molar-refractivity contribution in [2.24, 2.45) is 5.92 Å². The van der Waals surface area contributed by atoms with Gasteiger partial charge in [-0.05, 0) is 31.6 Å². The maximum absolute atomic E-state index is 12.3. The molecule has 0 atom stereocenters. The summed E-state index contributed by atoms with van der Waals surface area (Å²) >= 11 is 0. The van der Waals surface area contributed by atoms with E-state index in [2.05, 4.69) is 10.4 Å². The van der Waals surface area contributed by atoms with Gasteiger partial charge in [0.1, 0.15) is 22.2 Å². The van der Waals surface area contributed by atoms with Crippen LogP contribution in [0.2, 0.25) is 0 Å². The van der Waals surface area contributed by atoms with Crippen LogP contribution >= 0.6 is 0 Å². The molecule has 0 spiro atoms. The van der Waals surface area contributed by atoms with Crippen molar-refractivity contribution in [1.82, 2.24) is 9.78 Å². The summed E-state index contributed by atoms with van der Waals surface area (Å²) in [6.45, 7) is -1.10. The molecule has 0 saturated heterocycles. The first-order chi connectivity index (χ1) is 10.1. The molecule has 0 amide bonds. The molecule has 0 unspecified atom stereocenters. The third-order valence-electron chi connectivity index (χ3n) is 3.72. The number of hydrogen-bond donors (Lipinski definition) is 1. The van der Waals surface area contributed by atoms with E-state index < -0.39 is 22.6 Å². The number of rotatable bonds is 5. The Morgan fingerprint density at radius 2 is 1.95 bits per heavy atom. The molecule has 22 heavy (non-hydrogen) atoms. The van der Waals surface area contributed by atoms with E-state index in [4.69, 9.17) is 0 Å². The molecule has 1 fully saturated rings. The smallest absolute Gasteiger partial charge is 0.366 e. The van der Waals surface area contributed by atoms with Crippen molar-refractivity contribution in [3.05, 3.63) is 12.3 Å². The van der Waals surface area contributed by atoms with Gasteiger partial charge in [0.2, 0.25) is 0 Å². The Balaban J connectivity index is 1.81. The van der Waals surface area contributed by atoms with Crippen LogP contribution < -0.4 is 5.32 Å². The molecule has 1 aromatic heterocycles. The highest BCUT2D eigenvalue weighted by molar-refractivity contribution is 7.90. The van der Waals surface area contributed by atoms with E-state index >= 15 is 0 Å². The predicted molar refractivity (Wildman–Crippen MR) is 77.4 cm³/mol. The van der Waals surface area contributed by atoms with Gasteiger partial charge in [0.05, 0.1) is 5.75 Å². The Kier molecular flexibility index (Phi) is 5.03. The quantitative estimate of drug-likeness (QED) is 0.895. The molecular formula is C13H20F3N3O2S. The maximum Gasteiger partial charge on any atom is 0.408 e. The largest absolute Gasteiger partial charge is 0.408 e. The molecule has 5 nitrogen and oxygen atoms in total. The number of aromatic nitrogens is 2. The van der Waals surface area contributed by atoms with E-state index in [9.17, 15) is 21.6 Å². The number of hydrogen-bond acceptors (Lipinski definition) is 4. The predicted octanol–water partition coefficient (Wildman–Crippen LogP) is 2.46. The van der Waals surface area contributed by atoms with Crippen LogP contribution in [0.5, 0.6) is 0 Å². The summed E-state index contributed by atoms with van der Waals surface area (Å²) in [6.07, 6.45) is 1.45. The fourth-order valence-corrected chi connectivity index (χ4v) is 4.01. The van der Waals surface area contributed by atoms with Gasteiger partial charge in [-0.3, -0.25) is 4.68 Å². The molecule has 0 radical (unpaired) electrons. The van der Waals surface area contributed by atoms with Crippen LogP contribution in [0.15, 0.2) is 12.3 Å². The highest BCUT2D eigenvalue weighted by atomic mass is 32.2. The lowest BCUT2D eigenvalue weighted by atomic mass is 9.87. The van der Waals surface area contributed by atoms with E-state index in [1.807, 2.05) is 0 Å². The highest BCUT2D eigenvalue weighted by Crippen LogP contribution is 2.27. The standard InChI is InChI=1S/C13H20F3N3O2S/c1-22(20,21)8-10-2-4-11(5-3-10)17-12-6-7-19(18-12)9-13(14,15)16/h6-7,10-11H,2-5,8-9H2,1H3,(H,17,18). The van der Waals surface area contributed by atoms with Gasteiger partial charge in [0, 0.05) is 24.6 Å². The number of anilines is 1. The average Bonchev–Trinajstić information content (AvgIpc) is 2.75. The van der Waals surface area contributed by atoms with E-state index in [1.54, 1.807) is 0 Å². The van der Waals surface area contributed by atoms with Gasteiger partial charge in [-0.25, -0.2) is 8.42 Å². The van der Waals surface area contributed by atoms with E-state index in [1.165, 1.54) is 18.5 Å². The summed E-state index contributed by atoms with van der Waals surface area (Å²) < 4.78 is 60.2. The zero-order valence-electron chi connectivity index (χ0n) is 12.3. The molecule has 9 heteroatoms. The molecule has 1 aliphatic rings. The van der Waals surface area contributed by atoms with Gasteiger partial charge in [-0.1, -0.05) is 0 Å². The second-order valence-corrected chi connectivity index (χ2v) is 8.15. The van der Waals surface area contributed by atoms with Crippen molar-refractivity contribution in [3.63, 3.8) is 0 Å². The topological polar surface area (TPSA) is 64.0 Å². The molecule has 2 rings (SSSR count). The van der Waals surface area contributed by atoms with Crippen molar-refractivity contribution in [2.45, 2.75) is 44.4 Å². The monoisotopic (exact) mass is 339 g/mol. The number of nitrogens with one attached hydrogen (secondary N) is 1. The third kappa shape index (κ3) is 5.86. The average molecular weight is 339 g/mol. The minimum Gasteiger partial charge on any atom is -0.366 e. The molecule has 1 N–H and O–H groups in total. The first kappa shape index (κ1) is 17.1. The molecule has 126 valence electrons. The van der Waals surface area contributed by atoms with Crippen LogP contribution in [-0.4, -0.2) is 42.4 Å². The third-order valence-corrected chi connectivity index (χ3v) is 4.80. The van der Waals surface area contributed by atoms with E-state index in [0.717, 1.165) is 30.4 Å². The van der Waals surface area contributed by atoms with Gasteiger partial charge in [0.15, 0.2) is 0 Å². The summed E-state index contributed by atoms with van der Waals surface area (Å²) in [7, 11) is -2.96. The summed E-state index contributed by atoms with van der Waals surface area (Å²) in [6, 6.07) is 1.65. The Bertz CT molecular complexity index is 590. The molecular weight excluding hydrogens is 319 g/mol. The Hall–Kier alpha value is -1.25. The Labute approximate surface area is 127 Å². The molecule has 1 heterocycles. The first-order valence-corrected chi connectivity index (χ1v) is 9.21. The van der Waals surface area contributed by atoms with Crippen LogP contribution in [-0.2, 0) is 16.4 Å². The van der Waals surface area contributed by atoms with Crippen molar-refractivity contribution in [1.29, 1.82) is 0 Å². The van der Waals surface area contributed by atoms with Crippen LogP contribution in [0.4, 0.5) is 19.0 Å². The number of nitrogens with zero attached hydrogens (tertiary/aromatic N) is 2. The van der Waals surface area contributed by atoms with Crippen molar-refractivity contribution < 1.29 is 21.6 Å². The van der Waals surface area contributed by atoms with Gasteiger partial charge >= 0.3 is 6.18 Å². The molecule has 1 aliphatic carbocycles. The van der Waals surface area contributed by atoms with Crippen LogP contribution in [0.3, 0.4) is 0 Å². The SMILES string of the molecule is CS(=O)(=O)CC1CCC(Nc2ccn(CC(F)(F)F)n2)CC1. The van der Waals surface area contributed by atoms with Gasteiger partial charge in [-0.15, -0.1) is 0 Å². The van der Waals surface area contributed by atoms with Gasteiger partial charge in [-0.2, -0.15) is 18.3 Å². The zero-order valence-corrected chi connectivity index (χ0v) is 13.1. The first-order valence-electron chi connectivity index (χ1n) is 7.15. The minimum absolute atomic E-state index is 0.130. The second kappa shape index (κ2) is 6.47. The van der Waals surface area contributed by atoms with Crippen LogP contribution in [0.25, 0.3) is 0 Å². The summed E-state index contributed by atoms with van der Waals surface area (Å²) in [5.74, 6) is 0.812. The number of halogens is 3. The number of sulfone groups is 1. The van der Waals surface area contributed by atoms with Crippen molar-refractivity contribution in [2.75, 3.05) is 17.3 Å². The van der Waals surface area contributed by atoms with Crippen molar-refractivity contribution in [3.8, 4) is 0 Å². The lowest BCUT2D eigenvalue weighted by Crippen LogP contribution is -2.29. The summed E-state index contributed by atoms with van der Waals surface area (Å²) in [5.41, 5.74) is 0. The van der Waals surface area contributed by atoms with Gasteiger partial charge in [0.25, 0.3) is 0 Å². The van der Waals surface area contributed by atoms with E-state index in [-0.39, 0.29) is 17.7 Å².